The third kappa shape index (κ3) is 5.50. The zero-order chi connectivity index (χ0) is 21.6. The van der Waals surface area contributed by atoms with E-state index in [1.54, 1.807) is 18.2 Å². The van der Waals surface area contributed by atoms with Crippen molar-refractivity contribution < 1.29 is 13.9 Å². The number of rotatable bonds is 6. The van der Waals surface area contributed by atoms with Gasteiger partial charge in [-0.25, -0.2) is 9.07 Å². The van der Waals surface area contributed by atoms with E-state index in [-0.39, 0.29) is 35.8 Å². The smallest absolute Gasteiger partial charge is 0.267 e. The van der Waals surface area contributed by atoms with Gasteiger partial charge in [-0.2, -0.15) is 5.10 Å². The van der Waals surface area contributed by atoms with Gasteiger partial charge in [0.1, 0.15) is 11.6 Å². The van der Waals surface area contributed by atoms with Crippen molar-refractivity contribution in [3.05, 3.63) is 58.1 Å². The van der Waals surface area contributed by atoms with Crippen LogP contribution in [0.25, 0.3) is 0 Å². The molecule has 1 N–H and O–H groups in total. The van der Waals surface area contributed by atoms with E-state index in [9.17, 15) is 14.0 Å². The Morgan fingerprint density at radius 1 is 1.16 bits per heavy atom. The molecule has 0 saturated carbocycles. The van der Waals surface area contributed by atoms with E-state index in [4.69, 9.17) is 4.74 Å². The van der Waals surface area contributed by atoms with Gasteiger partial charge in [0.15, 0.2) is 0 Å². The van der Waals surface area contributed by atoms with Crippen molar-refractivity contribution in [2.24, 2.45) is 5.92 Å². The molecule has 1 aromatic heterocycles. The summed E-state index contributed by atoms with van der Waals surface area (Å²) in [4.78, 5) is 27.0. The maximum Gasteiger partial charge on any atom is 0.267 e. The zero-order valence-corrected chi connectivity index (χ0v) is 17.6. The highest BCUT2D eigenvalue weighted by Crippen LogP contribution is 2.23. The molecule has 0 aliphatic carbocycles. The lowest BCUT2D eigenvalue weighted by Crippen LogP contribution is -2.49. The maximum absolute atomic E-state index is 13.5. The van der Waals surface area contributed by atoms with Crippen LogP contribution in [0.2, 0.25) is 0 Å². The Balaban J connectivity index is 1.46. The minimum atomic E-state index is -0.335. The number of aromatic nitrogens is 2. The molecule has 2 aliphatic heterocycles. The molecule has 1 unspecified atom stereocenters. The monoisotopic (exact) mass is 428 g/mol. The molecule has 1 atom stereocenters. The van der Waals surface area contributed by atoms with Gasteiger partial charge in [-0.15, -0.1) is 0 Å². The molecule has 2 saturated heterocycles. The first-order valence-electron chi connectivity index (χ1n) is 11.0. The SMILES string of the molecule is O=C(NCC1CCCCN1c1ccc(=O)n(Cc2cccc(F)c2)n1)C1CCOCC1. The summed E-state index contributed by atoms with van der Waals surface area (Å²) in [6.07, 6.45) is 4.63. The molecule has 1 amide bonds. The fourth-order valence-corrected chi connectivity index (χ4v) is 4.35. The lowest BCUT2D eigenvalue weighted by atomic mass is 9.98. The van der Waals surface area contributed by atoms with Crippen LogP contribution in [-0.4, -0.2) is 48.0 Å². The number of ether oxygens (including phenoxy) is 1. The van der Waals surface area contributed by atoms with Crippen LogP contribution in [-0.2, 0) is 16.1 Å². The Morgan fingerprint density at radius 2 is 2.00 bits per heavy atom. The van der Waals surface area contributed by atoms with Gasteiger partial charge in [0.05, 0.1) is 6.54 Å². The van der Waals surface area contributed by atoms with E-state index in [0.717, 1.165) is 38.6 Å². The molecule has 2 aliphatic rings. The van der Waals surface area contributed by atoms with Crippen LogP contribution in [0.15, 0.2) is 41.2 Å². The van der Waals surface area contributed by atoms with Gasteiger partial charge in [-0.3, -0.25) is 9.59 Å². The zero-order valence-electron chi connectivity index (χ0n) is 17.6. The number of piperidine rings is 1. The number of benzene rings is 1. The Labute approximate surface area is 181 Å². The summed E-state index contributed by atoms with van der Waals surface area (Å²) < 4.78 is 20.2. The summed E-state index contributed by atoms with van der Waals surface area (Å²) in [5.41, 5.74) is 0.458. The Bertz CT molecular complexity index is 958. The number of nitrogens with zero attached hydrogens (tertiary/aromatic N) is 3. The third-order valence-corrected chi connectivity index (χ3v) is 6.10. The van der Waals surface area contributed by atoms with E-state index in [0.29, 0.717) is 31.1 Å². The van der Waals surface area contributed by atoms with Crippen LogP contribution in [0.3, 0.4) is 0 Å². The highest BCUT2D eigenvalue weighted by molar-refractivity contribution is 5.78. The van der Waals surface area contributed by atoms with Crippen molar-refractivity contribution in [2.75, 3.05) is 31.2 Å². The molecule has 0 spiro atoms. The third-order valence-electron chi connectivity index (χ3n) is 6.10. The number of carbonyl (C=O) groups is 1. The lowest BCUT2D eigenvalue weighted by Gasteiger charge is -2.37. The number of anilines is 1. The predicted octanol–water partition coefficient (Wildman–Crippen LogP) is 2.33. The number of hydrogen-bond donors (Lipinski definition) is 1. The van der Waals surface area contributed by atoms with Gasteiger partial charge < -0.3 is 15.0 Å². The van der Waals surface area contributed by atoms with Crippen molar-refractivity contribution in [3.63, 3.8) is 0 Å². The van der Waals surface area contributed by atoms with E-state index < -0.39 is 0 Å². The number of nitrogens with one attached hydrogen (secondary N) is 1. The topological polar surface area (TPSA) is 76.5 Å². The Morgan fingerprint density at radius 3 is 2.81 bits per heavy atom. The molecule has 0 bridgehead atoms. The lowest BCUT2D eigenvalue weighted by molar-refractivity contribution is -0.127. The quantitative estimate of drug-likeness (QED) is 0.764. The molecule has 3 heterocycles. The Hall–Kier alpha value is -2.74. The number of carbonyl (C=O) groups excluding carboxylic acids is 1. The molecular weight excluding hydrogens is 399 g/mol. The molecular formula is C23H29FN4O3. The summed E-state index contributed by atoms with van der Waals surface area (Å²) in [5, 5.41) is 7.69. The minimum Gasteiger partial charge on any atom is -0.381 e. The largest absolute Gasteiger partial charge is 0.381 e. The first-order valence-corrected chi connectivity index (χ1v) is 11.0. The molecule has 4 rings (SSSR count). The summed E-state index contributed by atoms with van der Waals surface area (Å²) >= 11 is 0. The normalized spacial score (nSPS) is 19.9. The summed E-state index contributed by atoms with van der Waals surface area (Å²) in [5.74, 6) is 0.494. The van der Waals surface area contributed by atoms with Crippen molar-refractivity contribution in [1.82, 2.24) is 15.1 Å². The molecule has 7 nitrogen and oxygen atoms in total. The Kier molecular flexibility index (Phi) is 6.96. The van der Waals surface area contributed by atoms with Crippen LogP contribution in [0.5, 0.6) is 0 Å². The van der Waals surface area contributed by atoms with Gasteiger partial charge in [0, 0.05) is 44.3 Å². The van der Waals surface area contributed by atoms with Crippen LogP contribution >= 0.6 is 0 Å². The summed E-state index contributed by atoms with van der Waals surface area (Å²) in [6, 6.07) is 9.57. The standard InChI is InChI=1S/C23H29FN4O3/c24-19-5-3-4-17(14-19)16-28-22(29)8-7-21(26-28)27-11-2-1-6-20(27)15-25-23(30)18-9-12-31-13-10-18/h3-5,7-8,14,18,20H,1-2,6,9-13,15-16H2,(H,25,30). The summed E-state index contributed by atoms with van der Waals surface area (Å²) in [7, 11) is 0. The van der Waals surface area contributed by atoms with Gasteiger partial charge in [0.2, 0.25) is 5.91 Å². The second kappa shape index (κ2) is 10.0. The average molecular weight is 429 g/mol. The first-order chi connectivity index (χ1) is 15.1. The molecule has 2 fully saturated rings. The van der Waals surface area contributed by atoms with E-state index in [1.807, 2.05) is 0 Å². The molecule has 1 aromatic carbocycles. The second-order valence-electron chi connectivity index (χ2n) is 8.29. The highest BCUT2D eigenvalue weighted by Gasteiger charge is 2.27. The molecule has 8 heteroatoms. The fraction of sp³-hybridized carbons (Fsp3) is 0.522. The molecule has 2 aromatic rings. The molecule has 31 heavy (non-hydrogen) atoms. The number of halogens is 1. The van der Waals surface area contributed by atoms with Crippen LogP contribution in [0.4, 0.5) is 10.2 Å². The van der Waals surface area contributed by atoms with E-state index in [2.05, 4.69) is 15.3 Å². The van der Waals surface area contributed by atoms with Gasteiger partial charge in [0.25, 0.3) is 5.56 Å². The molecule has 0 radical (unpaired) electrons. The predicted molar refractivity (Wildman–Crippen MR) is 116 cm³/mol. The van der Waals surface area contributed by atoms with Crippen LogP contribution in [0, 0.1) is 11.7 Å². The fourth-order valence-electron chi connectivity index (χ4n) is 4.35. The number of hydrogen-bond acceptors (Lipinski definition) is 5. The maximum atomic E-state index is 13.5. The van der Waals surface area contributed by atoms with Gasteiger partial charge >= 0.3 is 0 Å². The number of amides is 1. The highest BCUT2D eigenvalue weighted by atomic mass is 19.1. The molecule has 166 valence electrons. The second-order valence-corrected chi connectivity index (χ2v) is 8.29. The first kappa shape index (κ1) is 21.5. The van der Waals surface area contributed by atoms with Gasteiger partial charge in [-0.1, -0.05) is 12.1 Å². The summed E-state index contributed by atoms with van der Waals surface area (Å²) in [6.45, 7) is 2.88. The average Bonchev–Trinajstić information content (AvgIpc) is 2.80. The minimum absolute atomic E-state index is 0.0251. The van der Waals surface area contributed by atoms with E-state index in [1.165, 1.54) is 22.9 Å². The van der Waals surface area contributed by atoms with Crippen molar-refractivity contribution in [1.29, 1.82) is 0 Å². The van der Waals surface area contributed by atoms with Crippen LogP contribution in [0.1, 0.15) is 37.7 Å². The van der Waals surface area contributed by atoms with Crippen molar-refractivity contribution in [3.8, 4) is 0 Å². The van der Waals surface area contributed by atoms with Crippen molar-refractivity contribution >= 4 is 11.7 Å². The van der Waals surface area contributed by atoms with E-state index >= 15 is 0 Å². The van der Waals surface area contributed by atoms with Crippen molar-refractivity contribution in [2.45, 2.75) is 44.7 Å². The van der Waals surface area contributed by atoms with Gasteiger partial charge in [-0.05, 0) is 55.9 Å². The van der Waals surface area contributed by atoms with Crippen LogP contribution < -0.4 is 15.8 Å².